The van der Waals surface area contributed by atoms with Gasteiger partial charge in [-0.05, 0) is 19.3 Å². The lowest BCUT2D eigenvalue weighted by Crippen LogP contribution is -2.72. The Balaban J connectivity index is 2.36. The number of nitrogens with two attached hydrogens (primary N) is 1. The zero-order valence-corrected chi connectivity index (χ0v) is 10.9. The molecule has 0 radical (unpaired) electrons. The molecule has 1 saturated heterocycles. The lowest BCUT2D eigenvalue weighted by molar-refractivity contribution is -0.129. The van der Waals surface area contributed by atoms with E-state index in [1.165, 1.54) is 0 Å². The first-order valence-electron chi connectivity index (χ1n) is 6.21. The number of likely N-dealkylation sites (tertiary alicyclic amines) is 1. The molecule has 0 aromatic rings. The highest BCUT2D eigenvalue weighted by molar-refractivity contribution is 5.81. The van der Waals surface area contributed by atoms with Gasteiger partial charge in [0.05, 0.1) is 6.04 Å². The van der Waals surface area contributed by atoms with Crippen LogP contribution in [0.4, 0.5) is 0 Å². The Morgan fingerprint density at radius 1 is 1.44 bits per heavy atom. The van der Waals surface area contributed by atoms with Gasteiger partial charge in [-0.2, -0.15) is 0 Å². The molecule has 0 spiro atoms. The quantitative estimate of drug-likeness (QED) is 0.722. The minimum Gasteiger partial charge on any atom is -0.355 e. The van der Waals surface area contributed by atoms with Crippen molar-refractivity contribution in [1.82, 2.24) is 10.2 Å². The van der Waals surface area contributed by atoms with Gasteiger partial charge in [-0.15, -0.1) is 0 Å². The molecule has 1 unspecified atom stereocenters. The second-order valence-electron chi connectivity index (χ2n) is 5.26. The van der Waals surface area contributed by atoms with Crippen molar-refractivity contribution in [3.05, 3.63) is 0 Å². The first kappa shape index (κ1) is 13.5. The van der Waals surface area contributed by atoms with Crippen LogP contribution in [-0.4, -0.2) is 42.0 Å². The Hall–Kier alpha value is -0.610. The normalized spacial score (nSPS) is 21.6. The third-order valence-electron chi connectivity index (χ3n) is 3.62. The van der Waals surface area contributed by atoms with Gasteiger partial charge in [-0.3, -0.25) is 9.69 Å². The number of carbonyl (C=O) groups excluding carboxylic acids is 1. The van der Waals surface area contributed by atoms with Crippen molar-refractivity contribution in [2.45, 2.75) is 45.7 Å². The van der Waals surface area contributed by atoms with Gasteiger partial charge in [-0.25, -0.2) is 0 Å². The predicted octanol–water partition coefficient (Wildman–Crippen LogP) is 0.570. The van der Waals surface area contributed by atoms with Gasteiger partial charge < -0.3 is 11.1 Å². The number of carbonyl (C=O) groups is 1. The van der Waals surface area contributed by atoms with Crippen LogP contribution in [-0.2, 0) is 4.79 Å². The van der Waals surface area contributed by atoms with E-state index in [0.717, 1.165) is 26.1 Å². The van der Waals surface area contributed by atoms with E-state index in [1.807, 2.05) is 6.92 Å². The Kier molecular flexibility index (Phi) is 4.33. The lowest BCUT2D eigenvalue weighted by Gasteiger charge is -2.52. The fourth-order valence-electron chi connectivity index (χ4n) is 1.91. The molecule has 3 N–H and O–H groups in total. The van der Waals surface area contributed by atoms with E-state index >= 15 is 0 Å². The third kappa shape index (κ3) is 2.74. The molecule has 0 bridgehead atoms. The first-order valence-corrected chi connectivity index (χ1v) is 6.21. The molecule has 94 valence electrons. The Bertz CT molecular complexity index is 247. The summed E-state index contributed by atoms with van der Waals surface area (Å²) in [6.45, 7) is 10.7. The number of hydrogen-bond donors (Lipinski definition) is 2. The van der Waals surface area contributed by atoms with Gasteiger partial charge in [0, 0.05) is 25.2 Å². The predicted molar refractivity (Wildman–Crippen MR) is 66.1 cm³/mol. The van der Waals surface area contributed by atoms with E-state index in [1.54, 1.807) is 0 Å². The van der Waals surface area contributed by atoms with Gasteiger partial charge in [0.1, 0.15) is 0 Å². The van der Waals surface area contributed by atoms with Crippen LogP contribution in [0.1, 0.15) is 34.1 Å². The molecule has 0 aliphatic carbocycles. The van der Waals surface area contributed by atoms with Crippen molar-refractivity contribution in [3.63, 3.8) is 0 Å². The molecule has 1 atom stereocenters. The van der Waals surface area contributed by atoms with Crippen LogP contribution >= 0.6 is 0 Å². The number of nitrogens with zero attached hydrogens (tertiary/aromatic N) is 1. The van der Waals surface area contributed by atoms with Gasteiger partial charge >= 0.3 is 0 Å². The van der Waals surface area contributed by atoms with Crippen molar-refractivity contribution >= 4 is 5.91 Å². The van der Waals surface area contributed by atoms with Crippen LogP contribution in [0, 0.1) is 5.92 Å². The lowest BCUT2D eigenvalue weighted by atomic mass is 9.79. The maximum atomic E-state index is 11.7. The highest BCUT2D eigenvalue weighted by atomic mass is 16.2. The van der Waals surface area contributed by atoms with Crippen LogP contribution in [0.25, 0.3) is 0 Å². The molecule has 4 nitrogen and oxygen atoms in total. The second-order valence-corrected chi connectivity index (χ2v) is 5.26. The number of nitrogens with one attached hydrogen (secondary N) is 1. The van der Waals surface area contributed by atoms with Crippen LogP contribution in [0.2, 0.25) is 0 Å². The molecule has 16 heavy (non-hydrogen) atoms. The van der Waals surface area contributed by atoms with E-state index in [-0.39, 0.29) is 17.5 Å². The number of rotatable bonds is 5. The van der Waals surface area contributed by atoms with Crippen molar-refractivity contribution in [3.8, 4) is 0 Å². The van der Waals surface area contributed by atoms with Gasteiger partial charge in [0.2, 0.25) is 5.91 Å². The largest absolute Gasteiger partial charge is 0.355 e. The summed E-state index contributed by atoms with van der Waals surface area (Å²) in [5.74, 6) is 0.585. The van der Waals surface area contributed by atoms with Crippen LogP contribution in [0.15, 0.2) is 0 Å². The monoisotopic (exact) mass is 227 g/mol. The van der Waals surface area contributed by atoms with Gasteiger partial charge in [0.25, 0.3) is 0 Å². The summed E-state index contributed by atoms with van der Waals surface area (Å²) in [7, 11) is 0. The van der Waals surface area contributed by atoms with E-state index < -0.39 is 0 Å². The summed E-state index contributed by atoms with van der Waals surface area (Å²) in [6, 6.07) is -0.0537. The van der Waals surface area contributed by atoms with E-state index in [9.17, 15) is 4.79 Å². The molecule has 1 heterocycles. The Labute approximate surface area is 98.6 Å². The SMILES string of the molecule is CCCNC(=O)C(C)N1CC(N)(C(C)C)C1. The zero-order chi connectivity index (χ0) is 12.3. The average molecular weight is 227 g/mol. The summed E-state index contributed by atoms with van der Waals surface area (Å²) >= 11 is 0. The smallest absolute Gasteiger partial charge is 0.237 e. The van der Waals surface area contributed by atoms with E-state index in [0.29, 0.717) is 5.92 Å². The van der Waals surface area contributed by atoms with Gasteiger partial charge in [-0.1, -0.05) is 20.8 Å². The summed E-state index contributed by atoms with van der Waals surface area (Å²) in [4.78, 5) is 13.9. The third-order valence-corrected chi connectivity index (χ3v) is 3.62. The maximum absolute atomic E-state index is 11.7. The highest BCUT2D eigenvalue weighted by Gasteiger charge is 2.44. The van der Waals surface area contributed by atoms with Crippen LogP contribution < -0.4 is 11.1 Å². The number of amides is 1. The maximum Gasteiger partial charge on any atom is 0.237 e. The molecule has 1 fully saturated rings. The summed E-state index contributed by atoms with van der Waals surface area (Å²) in [5, 5.41) is 2.92. The first-order chi connectivity index (χ1) is 7.40. The van der Waals surface area contributed by atoms with Gasteiger partial charge in [0.15, 0.2) is 0 Å². The molecular weight excluding hydrogens is 202 g/mol. The fraction of sp³-hybridized carbons (Fsp3) is 0.917. The molecule has 1 aliphatic heterocycles. The average Bonchev–Trinajstić information content (AvgIpc) is 2.19. The molecule has 0 aromatic heterocycles. The molecule has 0 aromatic carbocycles. The second kappa shape index (κ2) is 5.15. The Morgan fingerprint density at radius 3 is 2.44 bits per heavy atom. The molecule has 1 aliphatic rings. The van der Waals surface area contributed by atoms with Crippen molar-refractivity contribution < 1.29 is 4.79 Å². The summed E-state index contributed by atoms with van der Waals surface area (Å²) in [6.07, 6.45) is 0.977. The van der Waals surface area contributed by atoms with E-state index in [4.69, 9.17) is 5.73 Å². The summed E-state index contributed by atoms with van der Waals surface area (Å²) in [5.41, 5.74) is 6.10. The highest BCUT2D eigenvalue weighted by Crippen LogP contribution is 2.27. The molecule has 0 saturated carbocycles. The molecule has 1 amide bonds. The van der Waals surface area contributed by atoms with Crippen molar-refractivity contribution in [2.24, 2.45) is 11.7 Å². The van der Waals surface area contributed by atoms with Crippen LogP contribution in [0.3, 0.4) is 0 Å². The zero-order valence-electron chi connectivity index (χ0n) is 10.9. The molecular formula is C12H25N3O. The molecule has 1 rings (SSSR count). The van der Waals surface area contributed by atoms with Crippen molar-refractivity contribution in [1.29, 1.82) is 0 Å². The number of hydrogen-bond acceptors (Lipinski definition) is 3. The minimum absolute atomic E-state index is 0.0537. The minimum atomic E-state index is -0.0979. The summed E-state index contributed by atoms with van der Waals surface area (Å²) < 4.78 is 0. The molecule has 4 heteroatoms. The topological polar surface area (TPSA) is 58.4 Å². The Morgan fingerprint density at radius 2 is 2.00 bits per heavy atom. The van der Waals surface area contributed by atoms with E-state index in [2.05, 4.69) is 31.0 Å². The standard InChI is InChI=1S/C12H25N3O/c1-5-6-14-11(16)10(4)15-7-12(13,8-15)9(2)3/h9-10H,5-8,13H2,1-4H3,(H,14,16). The van der Waals surface area contributed by atoms with Crippen LogP contribution in [0.5, 0.6) is 0 Å². The van der Waals surface area contributed by atoms with Crippen molar-refractivity contribution in [2.75, 3.05) is 19.6 Å². The fourth-order valence-corrected chi connectivity index (χ4v) is 1.91.